The van der Waals surface area contributed by atoms with Gasteiger partial charge in [0.1, 0.15) is 5.69 Å². The first-order valence-corrected chi connectivity index (χ1v) is 5.03. The number of hydrogen-bond donors (Lipinski definition) is 0. The van der Waals surface area contributed by atoms with Crippen molar-refractivity contribution in [3.8, 4) is 0 Å². The van der Waals surface area contributed by atoms with Gasteiger partial charge in [-0.05, 0) is 46.7 Å². The van der Waals surface area contributed by atoms with Gasteiger partial charge in [0.2, 0.25) is 0 Å². The fourth-order valence-corrected chi connectivity index (χ4v) is 2.43. The zero-order chi connectivity index (χ0) is 10.9. The van der Waals surface area contributed by atoms with E-state index >= 15 is 0 Å². The molecular formula is C8H5ClF2INO. The van der Waals surface area contributed by atoms with Crippen LogP contribution in [-0.2, 0) is 0 Å². The molecule has 0 fully saturated rings. The number of carbonyl (C=O) groups excluding carboxylic acids is 1. The number of rotatable bonds is 2. The number of pyridine rings is 1. The summed E-state index contributed by atoms with van der Waals surface area (Å²) in [6.45, 7) is 1.60. The lowest BCUT2D eigenvalue weighted by molar-refractivity contribution is 0.107. The van der Waals surface area contributed by atoms with Crippen molar-refractivity contribution in [3.63, 3.8) is 0 Å². The Bertz CT molecular complexity index is 384. The van der Waals surface area contributed by atoms with Gasteiger partial charge in [-0.3, -0.25) is 9.78 Å². The van der Waals surface area contributed by atoms with Crippen LogP contribution >= 0.6 is 34.2 Å². The van der Waals surface area contributed by atoms with E-state index in [1.165, 1.54) is 6.20 Å². The molecule has 2 nitrogen and oxygen atoms in total. The van der Waals surface area contributed by atoms with E-state index in [4.69, 9.17) is 11.6 Å². The van der Waals surface area contributed by atoms with Crippen molar-refractivity contribution < 1.29 is 13.6 Å². The maximum Gasteiger partial charge on any atom is 0.281 e. The van der Waals surface area contributed by atoms with Gasteiger partial charge in [0.05, 0.1) is 9.13 Å². The molecule has 0 atom stereocenters. The fourth-order valence-electron chi connectivity index (χ4n) is 0.982. The van der Waals surface area contributed by atoms with Gasteiger partial charge in [0.25, 0.3) is 11.7 Å². The first kappa shape index (κ1) is 11.8. The van der Waals surface area contributed by atoms with Crippen LogP contribution in [0, 0.1) is 10.5 Å². The third-order valence-electron chi connectivity index (χ3n) is 1.64. The Labute approximate surface area is 97.8 Å². The Hall–Kier alpha value is -0.300. The van der Waals surface area contributed by atoms with Gasteiger partial charge in [0, 0.05) is 6.20 Å². The van der Waals surface area contributed by atoms with Gasteiger partial charge in [-0.1, -0.05) is 0 Å². The molecule has 0 aliphatic heterocycles. The quantitative estimate of drug-likeness (QED) is 0.615. The van der Waals surface area contributed by atoms with Crippen LogP contribution in [0.1, 0.15) is 28.0 Å². The topological polar surface area (TPSA) is 30.0 Å². The van der Waals surface area contributed by atoms with Crippen LogP contribution in [0.25, 0.3) is 0 Å². The van der Waals surface area contributed by atoms with Crippen LogP contribution in [0.2, 0.25) is 0 Å². The monoisotopic (exact) mass is 331 g/mol. The molecule has 0 spiro atoms. The number of aromatic nitrogens is 1. The van der Waals surface area contributed by atoms with E-state index in [1.807, 2.05) is 0 Å². The van der Waals surface area contributed by atoms with Gasteiger partial charge in [-0.25, -0.2) is 8.78 Å². The molecule has 1 aromatic rings. The number of halogens is 4. The van der Waals surface area contributed by atoms with E-state index in [0.717, 1.165) is 0 Å². The van der Waals surface area contributed by atoms with Crippen molar-refractivity contribution in [1.82, 2.24) is 4.98 Å². The van der Waals surface area contributed by atoms with Crippen molar-refractivity contribution in [2.45, 2.75) is 13.3 Å². The predicted molar refractivity (Wildman–Crippen MR) is 56.8 cm³/mol. The van der Waals surface area contributed by atoms with E-state index in [2.05, 4.69) is 4.98 Å². The third kappa shape index (κ3) is 2.20. The summed E-state index contributed by atoms with van der Waals surface area (Å²) in [6.07, 6.45) is -1.48. The number of aryl methyl sites for hydroxylation is 1. The Morgan fingerprint density at radius 3 is 2.64 bits per heavy atom. The van der Waals surface area contributed by atoms with Crippen LogP contribution in [0.5, 0.6) is 0 Å². The summed E-state index contributed by atoms with van der Waals surface area (Å²) < 4.78 is 24.9. The summed E-state index contributed by atoms with van der Waals surface area (Å²) >= 11 is 6.92. The molecule has 6 heteroatoms. The molecule has 1 rings (SSSR count). The van der Waals surface area contributed by atoms with Crippen molar-refractivity contribution in [1.29, 1.82) is 0 Å². The fraction of sp³-hybridized carbons (Fsp3) is 0.250. The normalized spacial score (nSPS) is 10.7. The van der Waals surface area contributed by atoms with Crippen LogP contribution < -0.4 is 0 Å². The zero-order valence-electron chi connectivity index (χ0n) is 7.02. The molecule has 1 heterocycles. The summed E-state index contributed by atoms with van der Waals surface area (Å²) in [5.41, 5.74) is 0.205. The van der Waals surface area contributed by atoms with Gasteiger partial charge >= 0.3 is 0 Å². The molecule has 0 bridgehead atoms. The SMILES string of the molecule is Cc1cnc(C(F)F)c(I)c1C(=O)Cl. The van der Waals surface area contributed by atoms with Crippen LogP contribution in [0.3, 0.4) is 0 Å². The highest BCUT2D eigenvalue weighted by atomic mass is 127. The molecule has 0 N–H and O–H groups in total. The molecule has 0 aliphatic carbocycles. The molecule has 14 heavy (non-hydrogen) atoms. The molecule has 0 aliphatic rings. The molecule has 0 aromatic carbocycles. The molecule has 76 valence electrons. The third-order valence-corrected chi connectivity index (χ3v) is 2.92. The highest BCUT2D eigenvalue weighted by Gasteiger charge is 2.20. The lowest BCUT2D eigenvalue weighted by Crippen LogP contribution is -2.04. The molecule has 0 saturated heterocycles. The van der Waals surface area contributed by atoms with E-state index in [1.54, 1.807) is 29.5 Å². The second kappa shape index (κ2) is 4.48. The average molecular weight is 331 g/mol. The lowest BCUT2D eigenvalue weighted by atomic mass is 10.1. The minimum atomic E-state index is -2.70. The Balaban J connectivity index is 3.41. The summed E-state index contributed by atoms with van der Waals surface area (Å²) in [5.74, 6) is 0. The highest BCUT2D eigenvalue weighted by Crippen LogP contribution is 2.27. The Morgan fingerprint density at radius 1 is 1.64 bits per heavy atom. The van der Waals surface area contributed by atoms with Crippen molar-refractivity contribution in [2.24, 2.45) is 0 Å². The molecule has 0 saturated carbocycles. The molecule has 0 unspecified atom stereocenters. The zero-order valence-corrected chi connectivity index (χ0v) is 9.94. The summed E-state index contributed by atoms with van der Waals surface area (Å²) in [6, 6.07) is 0. The lowest BCUT2D eigenvalue weighted by Gasteiger charge is -2.07. The van der Waals surface area contributed by atoms with Crippen LogP contribution in [0.4, 0.5) is 8.78 Å². The molecule has 1 aromatic heterocycles. The number of nitrogens with zero attached hydrogens (tertiary/aromatic N) is 1. The largest absolute Gasteiger partial charge is 0.281 e. The number of hydrogen-bond acceptors (Lipinski definition) is 2. The van der Waals surface area contributed by atoms with Crippen molar-refractivity contribution in [2.75, 3.05) is 0 Å². The minimum Gasteiger partial charge on any atom is -0.276 e. The first-order valence-electron chi connectivity index (χ1n) is 3.58. The van der Waals surface area contributed by atoms with E-state index in [0.29, 0.717) is 5.56 Å². The van der Waals surface area contributed by atoms with E-state index < -0.39 is 17.4 Å². The van der Waals surface area contributed by atoms with E-state index in [-0.39, 0.29) is 9.13 Å². The van der Waals surface area contributed by atoms with Gasteiger partial charge in [0.15, 0.2) is 0 Å². The maximum atomic E-state index is 12.4. The molecule has 0 radical (unpaired) electrons. The second-order valence-corrected chi connectivity index (χ2v) is 4.01. The van der Waals surface area contributed by atoms with Gasteiger partial charge < -0.3 is 0 Å². The smallest absolute Gasteiger partial charge is 0.276 e. The first-order chi connectivity index (χ1) is 6.45. The predicted octanol–water partition coefficient (Wildman–Crippen LogP) is 3.31. The average Bonchev–Trinajstić information content (AvgIpc) is 2.02. The summed E-state index contributed by atoms with van der Waals surface area (Å²) in [4.78, 5) is 14.5. The second-order valence-electron chi connectivity index (χ2n) is 2.59. The molecule has 0 amide bonds. The van der Waals surface area contributed by atoms with Gasteiger partial charge in [-0.15, -0.1) is 0 Å². The standard InChI is InChI=1S/C8H5ClF2INO/c1-3-2-13-6(8(10)11)5(12)4(3)7(9)14/h2,8H,1H3. The molecular weight excluding hydrogens is 326 g/mol. The van der Waals surface area contributed by atoms with Crippen LogP contribution in [-0.4, -0.2) is 10.2 Å². The minimum absolute atomic E-state index is 0.109. The Morgan fingerprint density at radius 2 is 2.21 bits per heavy atom. The summed E-state index contributed by atoms with van der Waals surface area (Å²) in [5, 5.41) is -0.740. The van der Waals surface area contributed by atoms with Crippen LogP contribution in [0.15, 0.2) is 6.20 Å². The van der Waals surface area contributed by atoms with Crippen molar-refractivity contribution in [3.05, 3.63) is 26.6 Å². The van der Waals surface area contributed by atoms with Gasteiger partial charge in [-0.2, -0.15) is 0 Å². The summed E-state index contributed by atoms with van der Waals surface area (Å²) in [7, 11) is 0. The Kier molecular flexibility index (Phi) is 3.77. The highest BCUT2D eigenvalue weighted by molar-refractivity contribution is 14.1. The maximum absolute atomic E-state index is 12.4. The number of alkyl halides is 2. The number of carbonyl (C=O) groups is 1. The van der Waals surface area contributed by atoms with Crippen molar-refractivity contribution >= 4 is 39.4 Å². The van der Waals surface area contributed by atoms with E-state index in [9.17, 15) is 13.6 Å².